The standard InChI is InChI=1S/C21H24F3N5/c1-11(2)17-25-10-12(3)18(27-17)28-19-13(4)14(5)26-20(29-19)15-8-6-7-9-16(15)21(22,23)24/h6-9,11H,10H2,1-5H3,(H,25,27)(H,26,28,29). The topological polar surface area (TPSA) is 62.2 Å². The molecule has 0 saturated carbocycles. The van der Waals surface area contributed by atoms with Gasteiger partial charge in [0.1, 0.15) is 17.5 Å². The molecule has 8 heteroatoms. The summed E-state index contributed by atoms with van der Waals surface area (Å²) in [6.45, 7) is 10.2. The molecule has 0 saturated heterocycles. The van der Waals surface area contributed by atoms with Gasteiger partial charge in [-0.25, -0.2) is 9.97 Å². The Kier molecular flexibility index (Phi) is 5.64. The summed E-state index contributed by atoms with van der Waals surface area (Å²) in [4.78, 5) is 13.3. The highest BCUT2D eigenvalue weighted by molar-refractivity contribution is 5.87. The molecule has 1 aromatic carbocycles. The molecule has 1 aromatic heterocycles. The summed E-state index contributed by atoms with van der Waals surface area (Å²) in [5, 5.41) is 6.52. The van der Waals surface area contributed by atoms with Crippen molar-refractivity contribution in [2.75, 3.05) is 11.9 Å². The van der Waals surface area contributed by atoms with Gasteiger partial charge in [-0.1, -0.05) is 32.0 Å². The first kappa shape index (κ1) is 20.8. The Hall–Kier alpha value is -2.90. The van der Waals surface area contributed by atoms with Gasteiger partial charge >= 0.3 is 6.18 Å². The SMILES string of the molecule is CC1=C(Nc2nc(-c3ccccc3C(F)(F)F)nc(C)c2C)NC(C(C)C)=NC1. The maximum absolute atomic E-state index is 13.5. The second-order valence-corrected chi connectivity index (χ2v) is 7.41. The van der Waals surface area contributed by atoms with E-state index < -0.39 is 11.7 Å². The van der Waals surface area contributed by atoms with Gasteiger partial charge in [0, 0.05) is 22.7 Å². The molecular formula is C21H24F3N5. The molecule has 0 spiro atoms. The molecule has 2 aromatic rings. The number of amidine groups is 1. The van der Waals surface area contributed by atoms with E-state index in [1.165, 1.54) is 12.1 Å². The Labute approximate surface area is 168 Å². The van der Waals surface area contributed by atoms with E-state index in [9.17, 15) is 13.2 Å². The number of aromatic nitrogens is 2. The molecule has 1 aliphatic rings. The molecule has 5 nitrogen and oxygen atoms in total. The minimum atomic E-state index is -4.49. The van der Waals surface area contributed by atoms with Gasteiger partial charge in [0.15, 0.2) is 5.82 Å². The molecule has 0 radical (unpaired) electrons. The lowest BCUT2D eigenvalue weighted by molar-refractivity contribution is -0.137. The normalized spacial score (nSPS) is 14.7. The van der Waals surface area contributed by atoms with E-state index in [1.54, 1.807) is 13.0 Å². The highest BCUT2D eigenvalue weighted by Gasteiger charge is 2.34. The van der Waals surface area contributed by atoms with Crippen LogP contribution >= 0.6 is 0 Å². The van der Waals surface area contributed by atoms with Crippen LogP contribution in [0.5, 0.6) is 0 Å². The van der Waals surface area contributed by atoms with Crippen molar-refractivity contribution in [3.8, 4) is 11.4 Å². The summed E-state index contributed by atoms with van der Waals surface area (Å²) >= 11 is 0. The first-order valence-corrected chi connectivity index (χ1v) is 9.38. The summed E-state index contributed by atoms with van der Waals surface area (Å²) in [5.74, 6) is 2.33. The molecule has 0 unspecified atom stereocenters. The summed E-state index contributed by atoms with van der Waals surface area (Å²) in [6, 6.07) is 5.35. The number of nitrogens with one attached hydrogen (secondary N) is 2. The first-order valence-electron chi connectivity index (χ1n) is 9.38. The fourth-order valence-electron chi connectivity index (χ4n) is 2.94. The van der Waals surface area contributed by atoms with Crippen LogP contribution in [0, 0.1) is 19.8 Å². The number of benzene rings is 1. The third-order valence-electron chi connectivity index (χ3n) is 4.82. The van der Waals surface area contributed by atoms with E-state index in [-0.39, 0.29) is 17.3 Å². The number of rotatable bonds is 4. The molecule has 0 amide bonds. The van der Waals surface area contributed by atoms with Crippen LogP contribution in [0.25, 0.3) is 11.4 Å². The van der Waals surface area contributed by atoms with Crippen LogP contribution in [-0.4, -0.2) is 22.3 Å². The molecule has 3 rings (SSSR count). The molecule has 0 atom stereocenters. The van der Waals surface area contributed by atoms with Crippen molar-refractivity contribution >= 4 is 11.7 Å². The Bertz CT molecular complexity index is 990. The van der Waals surface area contributed by atoms with Crippen molar-refractivity contribution in [3.63, 3.8) is 0 Å². The smallest absolute Gasteiger partial charge is 0.330 e. The van der Waals surface area contributed by atoms with Gasteiger partial charge in [-0.3, -0.25) is 4.99 Å². The van der Waals surface area contributed by atoms with Gasteiger partial charge in [0.25, 0.3) is 0 Å². The molecule has 2 N–H and O–H groups in total. The largest absolute Gasteiger partial charge is 0.417 e. The summed E-state index contributed by atoms with van der Waals surface area (Å²) in [7, 11) is 0. The molecule has 29 heavy (non-hydrogen) atoms. The lowest BCUT2D eigenvalue weighted by Crippen LogP contribution is -2.35. The zero-order valence-electron chi connectivity index (χ0n) is 17.1. The second kappa shape index (κ2) is 7.85. The number of aryl methyl sites for hydroxylation is 1. The van der Waals surface area contributed by atoms with Crippen LogP contribution in [0.3, 0.4) is 0 Å². The van der Waals surface area contributed by atoms with E-state index in [1.807, 2.05) is 27.7 Å². The van der Waals surface area contributed by atoms with Crippen LogP contribution in [-0.2, 0) is 6.18 Å². The van der Waals surface area contributed by atoms with Gasteiger partial charge in [-0.05, 0) is 32.4 Å². The van der Waals surface area contributed by atoms with Crippen molar-refractivity contribution in [2.24, 2.45) is 10.9 Å². The predicted octanol–water partition coefficient (Wildman–Crippen LogP) is 5.08. The van der Waals surface area contributed by atoms with Gasteiger partial charge in [-0.15, -0.1) is 0 Å². The molecule has 2 heterocycles. The minimum Gasteiger partial charge on any atom is -0.330 e. The van der Waals surface area contributed by atoms with E-state index in [4.69, 9.17) is 0 Å². The quantitative estimate of drug-likeness (QED) is 0.747. The lowest BCUT2D eigenvalue weighted by Gasteiger charge is -2.24. The molecular weight excluding hydrogens is 379 g/mol. The molecule has 1 aliphatic heterocycles. The van der Waals surface area contributed by atoms with E-state index >= 15 is 0 Å². The fraction of sp³-hybridized carbons (Fsp3) is 0.381. The van der Waals surface area contributed by atoms with Crippen LogP contribution in [0.15, 0.2) is 40.7 Å². The number of hydrogen-bond donors (Lipinski definition) is 2. The number of halogens is 3. The third kappa shape index (κ3) is 4.41. The molecule has 154 valence electrons. The molecule has 0 bridgehead atoms. The Morgan fingerprint density at radius 1 is 1.07 bits per heavy atom. The van der Waals surface area contributed by atoms with Gasteiger partial charge < -0.3 is 10.6 Å². The maximum Gasteiger partial charge on any atom is 0.417 e. The summed E-state index contributed by atoms with van der Waals surface area (Å²) < 4.78 is 40.4. The van der Waals surface area contributed by atoms with Crippen molar-refractivity contribution < 1.29 is 13.2 Å². The average Bonchev–Trinajstić information content (AvgIpc) is 2.66. The zero-order valence-corrected chi connectivity index (χ0v) is 17.1. The summed E-state index contributed by atoms with van der Waals surface area (Å²) in [6.07, 6.45) is -4.49. The van der Waals surface area contributed by atoms with Crippen molar-refractivity contribution in [3.05, 3.63) is 52.5 Å². The highest BCUT2D eigenvalue weighted by atomic mass is 19.4. The number of alkyl halides is 3. The van der Waals surface area contributed by atoms with E-state index in [2.05, 4.69) is 25.6 Å². The summed E-state index contributed by atoms with van der Waals surface area (Å²) in [5.41, 5.74) is 1.57. The second-order valence-electron chi connectivity index (χ2n) is 7.41. The lowest BCUT2D eigenvalue weighted by atomic mass is 10.1. The van der Waals surface area contributed by atoms with Crippen LogP contribution in [0.2, 0.25) is 0 Å². The van der Waals surface area contributed by atoms with Crippen LogP contribution in [0.1, 0.15) is 37.6 Å². The van der Waals surface area contributed by atoms with Gasteiger partial charge in [-0.2, -0.15) is 13.2 Å². The zero-order chi connectivity index (χ0) is 21.3. The van der Waals surface area contributed by atoms with Gasteiger partial charge in [0.2, 0.25) is 0 Å². The monoisotopic (exact) mass is 403 g/mol. The van der Waals surface area contributed by atoms with E-state index in [0.29, 0.717) is 18.1 Å². The predicted molar refractivity (Wildman–Crippen MR) is 109 cm³/mol. The molecule has 0 fully saturated rings. The minimum absolute atomic E-state index is 0.0373. The maximum atomic E-state index is 13.5. The van der Waals surface area contributed by atoms with E-state index in [0.717, 1.165) is 28.9 Å². The Morgan fingerprint density at radius 2 is 1.76 bits per heavy atom. The first-order chi connectivity index (χ1) is 13.6. The average molecular weight is 403 g/mol. The van der Waals surface area contributed by atoms with Crippen LogP contribution in [0.4, 0.5) is 19.0 Å². The third-order valence-corrected chi connectivity index (χ3v) is 4.82. The number of aliphatic imine (C=N–C) groups is 1. The van der Waals surface area contributed by atoms with Crippen molar-refractivity contribution in [2.45, 2.75) is 40.8 Å². The van der Waals surface area contributed by atoms with Crippen molar-refractivity contribution in [1.82, 2.24) is 15.3 Å². The fourth-order valence-corrected chi connectivity index (χ4v) is 2.94. The number of anilines is 1. The van der Waals surface area contributed by atoms with Gasteiger partial charge in [0.05, 0.1) is 12.1 Å². The number of nitrogens with zero attached hydrogens (tertiary/aromatic N) is 3. The van der Waals surface area contributed by atoms with Crippen molar-refractivity contribution in [1.29, 1.82) is 0 Å². The van der Waals surface area contributed by atoms with Crippen LogP contribution < -0.4 is 10.6 Å². The highest BCUT2D eigenvalue weighted by Crippen LogP contribution is 2.36. The Balaban J connectivity index is 2.03. The number of hydrogen-bond acceptors (Lipinski definition) is 5. The Morgan fingerprint density at radius 3 is 2.41 bits per heavy atom. The molecule has 0 aliphatic carbocycles.